The Morgan fingerprint density at radius 1 is 0.906 bits per heavy atom. The minimum Gasteiger partial charge on any atom is -0.349 e. The number of piperidine rings is 1. The fourth-order valence-electron chi connectivity index (χ4n) is 3.75. The average molecular weight is 448 g/mol. The molecule has 0 radical (unpaired) electrons. The molecular formula is C25H25N3O3S. The van der Waals surface area contributed by atoms with Gasteiger partial charge in [-0.05, 0) is 61.0 Å². The van der Waals surface area contributed by atoms with E-state index in [1.54, 1.807) is 29.2 Å². The van der Waals surface area contributed by atoms with Crippen LogP contribution in [0, 0.1) is 6.92 Å². The summed E-state index contributed by atoms with van der Waals surface area (Å²) in [5.74, 6) is -0.336. The third kappa shape index (κ3) is 5.06. The third-order valence-corrected chi connectivity index (χ3v) is 6.35. The lowest BCUT2D eigenvalue weighted by Crippen LogP contribution is -2.46. The molecule has 7 heteroatoms. The molecule has 32 heavy (non-hydrogen) atoms. The van der Waals surface area contributed by atoms with Crippen molar-refractivity contribution in [3.63, 3.8) is 0 Å². The average Bonchev–Trinajstić information content (AvgIpc) is 3.36. The molecule has 1 fully saturated rings. The number of rotatable bonds is 5. The maximum absolute atomic E-state index is 13.1. The van der Waals surface area contributed by atoms with E-state index in [2.05, 4.69) is 10.6 Å². The van der Waals surface area contributed by atoms with Crippen molar-refractivity contribution in [3.8, 4) is 0 Å². The smallest absolute Gasteiger partial charge is 0.255 e. The predicted molar refractivity (Wildman–Crippen MR) is 126 cm³/mol. The summed E-state index contributed by atoms with van der Waals surface area (Å²) in [6.07, 6.45) is 1.43. The van der Waals surface area contributed by atoms with Gasteiger partial charge in [-0.25, -0.2) is 0 Å². The summed E-state index contributed by atoms with van der Waals surface area (Å²) in [4.78, 5) is 39.6. The maximum Gasteiger partial charge on any atom is 0.255 e. The Morgan fingerprint density at radius 3 is 2.34 bits per heavy atom. The number of benzene rings is 2. The van der Waals surface area contributed by atoms with Gasteiger partial charge in [0.25, 0.3) is 17.7 Å². The lowest BCUT2D eigenvalue weighted by atomic mass is 10.0. The Labute approximate surface area is 191 Å². The van der Waals surface area contributed by atoms with E-state index in [1.165, 1.54) is 11.3 Å². The second-order valence-corrected chi connectivity index (χ2v) is 8.68. The van der Waals surface area contributed by atoms with Gasteiger partial charge in [-0.1, -0.05) is 24.3 Å². The van der Waals surface area contributed by atoms with Crippen molar-refractivity contribution in [2.24, 2.45) is 0 Å². The number of hydrogen-bond acceptors (Lipinski definition) is 4. The molecule has 164 valence electrons. The van der Waals surface area contributed by atoms with E-state index < -0.39 is 0 Å². The van der Waals surface area contributed by atoms with Gasteiger partial charge in [-0.15, -0.1) is 0 Å². The number of carbonyl (C=O) groups is 3. The first-order valence-corrected chi connectivity index (χ1v) is 11.5. The molecule has 0 atom stereocenters. The molecule has 0 aliphatic carbocycles. The van der Waals surface area contributed by atoms with Crippen LogP contribution in [0.3, 0.4) is 0 Å². The van der Waals surface area contributed by atoms with E-state index in [4.69, 9.17) is 0 Å². The molecular weight excluding hydrogens is 422 g/mol. The molecule has 2 aromatic carbocycles. The highest BCUT2D eigenvalue weighted by Crippen LogP contribution is 2.21. The Bertz CT molecular complexity index is 1100. The number of hydrogen-bond donors (Lipinski definition) is 2. The zero-order chi connectivity index (χ0) is 22.5. The molecule has 0 saturated carbocycles. The molecule has 2 heterocycles. The van der Waals surface area contributed by atoms with Gasteiger partial charge in [-0.2, -0.15) is 11.3 Å². The molecule has 1 aliphatic rings. The van der Waals surface area contributed by atoms with E-state index in [1.807, 2.05) is 48.0 Å². The molecule has 2 N–H and O–H groups in total. The molecule has 0 bridgehead atoms. The molecule has 0 unspecified atom stereocenters. The van der Waals surface area contributed by atoms with Crippen molar-refractivity contribution >= 4 is 34.7 Å². The van der Waals surface area contributed by atoms with Gasteiger partial charge >= 0.3 is 0 Å². The van der Waals surface area contributed by atoms with Gasteiger partial charge in [0.1, 0.15) is 0 Å². The first-order chi connectivity index (χ1) is 15.5. The van der Waals surface area contributed by atoms with E-state index in [0.29, 0.717) is 48.3 Å². The number of likely N-dealkylation sites (tertiary alicyclic amines) is 1. The van der Waals surface area contributed by atoms with Gasteiger partial charge in [0.2, 0.25) is 0 Å². The lowest BCUT2D eigenvalue weighted by molar-refractivity contribution is 0.0697. The number of anilines is 1. The van der Waals surface area contributed by atoms with Crippen LogP contribution in [0.5, 0.6) is 0 Å². The quantitative estimate of drug-likeness (QED) is 0.611. The number of aryl methyl sites for hydroxylation is 1. The highest BCUT2D eigenvalue weighted by atomic mass is 32.1. The Hall–Kier alpha value is -3.45. The minimum atomic E-state index is -0.208. The molecule has 3 aromatic rings. The van der Waals surface area contributed by atoms with Crippen LogP contribution in [0.1, 0.15) is 49.5 Å². The normalized spacial score (nSPS) is 14.1. The van der Waals surface area contributed by atoms with Crippen LogP contribution in [-0.4, -0.2) is 41.8 Å². The first-order valence-electron chi connectivity index (χ1n) is 10.6. The Balaban J connectivity index is 1.37. The predicted octanol–water partition coefficient (Wildman–Crippen LogP) is 4.34. The highest BCUT2D eigenvalue weighted by molar-refractivity contribution is 7.08. The SMILES string of the molecule is Cc1ccc(C(=O)N2CCC(NC(=O)c3ccsc3)CC2)cc1NC(=O)c1ccccc1. The number of nitrogens with one attached hydrogen (secondary N) is 2. The number of nitrogens with zero attached hydrogens (tertiary/aromatic N) is 1. The van der Waals surface area contributed by atoms with E-state index >= 15 is 0 Å². The van der Waals surface area contributed by atoms with E-state index in [0.717, 1.165) is 5.56 Å². The molecule has 6 nitrogen and oxygen atoms in total. The van der Waals surface area contributed by atoms with Gasteiger partial charge in [0.15, 0.2) is 0 Å². The molecule has 3 amide bonds. The molecule has 4 rings (SSSR count). The van der Waals surface area contributed by atoms with Crippen molar-refractivity contribution in [2.75, 3.05) is 18.4 Å². The molecule has 0 spiro atoms. The largest absolute Gasteiger partial charge is 0.349 e. The summed E-state index contributed by atoms with van der Waals surface area (Å²) < 4.78 is 0. The minimum absolute atomic E-state index is 0.0604. The summed E-state index contributed by atoms with van der Waals surface area (Å²) in [6.45, 7) is 3.05. The van der Waals surface area contributed by atoms with Gasteiger partial charge in [0, 0.05) is 46.9 Å². The van der Waals surface area contributed by atoms with Crippen molar-refractivity contribution in [3.05, 3.63) is 87.6 Å². The summed E-state index contributed by atoms with van der Waals surface area (Å²) in [6, 6.07) is 16.2. The molecule has 1 aliphatic heterocycles. The molecule has 1 saturated heterocycles. The van der Waals surface area contributed by atoms with Crippen LogP contribution in [0.25, 0.3) is 0 Å². The first kappa shape index (κ1) is 21.8. The zero-order valence-corrected chi connectivity index (χ0v) is 18.7. The fraction of sp³-hybridized carbons (Fsp3) is 0.240. The summed E-state index contributed by atoms with van der Waals surface area (Å²) >= 11 is 1.50. The van der Waals surface area contributed by atoms with Crippen LogP contribution >= 0.6 is 11.3 Å². The van der Waals surface area contributed by atoms with Crippen molar-refractivity contribution in [2.45, 2.75) is 25.8 Å². The van der Waals surface area contributed by atoms with E-state index in [-0.39, 0.29) is 23.8 Å². The molecule has 1 aromatic heterocycles. The third-order valence-electron chi connectivity index (χ3n) is 5.67. The second-order valence-electron chi connectivity index (χ2n) is 7.90. The van der Waals surface area contributed by atoms with Crippen molar-refractivity contribution < 1.29 is 14.4 Å². The Kier molecular flexibility index (Phi) is 6.66. The van der Waals surface area contributed by atoms with Crippen LogP contribution in [-0.2, 0) is 0 Å². The Morgan fingerprint density at radius 2 is 1.66 bits per heavy atom. The number of thiophene rings is 1. The lowest BCUT2D eigenvalue weighted by Gasteiger charge is -2.32. The summed E-state index contributed by atoms with van der Waals surface area (Å²) in [5.41, 5.74) is 3.30. The van der Waals surface area contributed by atoms with Crippen LogP contribution in [0.4, 0.5) is 5.69 Å². The summed E-state index contributed by atoms with van der Waals surface area (Å²) in [7, 11) is 0. The zero-order valence-electron chi connectivity index (χ0n) is 17.8. The van der Waals surface area contributed by atoms with E-state index in [9.17, 15) is 14.4 Å². The van der Waals surface area contributed by atoms with Crippen molar-refractivity contribution in [1.82, 2.24) is 10.2 Å². The second kappa shape index (κ2) is 9.78. The maximum atomic E-state index is 13.1. The number of carbonyl (C=O) groups excluding carboxylic acids is 3. The number of amides is 3. The fourth-order valence-corrected chi connectivity index (χ4v) is 4.38. The van der Waals surface area contributed by atoms with Crippen LogP contribution in [0.15, 0.2) is 65.4 Å². The van der Waals surface area contributed by atoms with Crippen molar-refractivity contribution in [1.29, 1.82) is 0 Å². The van der Waals surface area contributed by atoms with Gasteiger partial charge in [-0.3, -0.25) is 14.4 Å². The van der Waals surface area contributed by atoms with Gasteiger partial charge < -0.3 is 15.5 Å². The van der Waals surface area contributed by atoms with Crippen LogP contribution in [0.2, 0.25) is 0 Å². The van der Waals surface area contributed by atoms with Crippen LogP contribution < -0.4 is 10.6 Å². The summed E-state index contributed by atoms with van der Waals surface area (Å²) in [5, 5.41) is 9.68. The van der Waals surface area contributed by atoms with Gasteiger partial charge in [0.05, 0.1) is 0 Å². The standard InChI is InChI=1S/C25H25N3O3S/c1-17-7-8-19(15-22(17)27-23(29)18-5-3-2-4-6-18)25(31)28-12-9-21(10-13-28)26-24(30)20-11-14-32-16-20/h2-8,11,14-16,21H,9-10,12-13H2,1H3,(H,26,30)(H,27,29). The monoisotopic (exact) mass is 447 g/mol. The topological polar surface area (TPSA) is 78.5 Å². The highest BCUT2D eigenvalue weighted by Gasteiger charge is 2.25.